The molecule has 1 N–H and O–H groups in total. The molecule has 0 radical (unpaired) electrons. The Kier molecular flexibility index (Phi) is 3.07. The molecule has 6 heteroatoms. The molecule has 0 aromatic carbocycles. The summed E-state index contributed by atoms with van der Waals surface area (Å²) in [4.78, 5) is 13.8. The van der Waals surface area contributed by atoms with E-state index in [4.69, 9.17) is 0 Å². The van der Waals surface area contributed by atoms with Crippen molar-refractivity contribution in [1.29, 1.82) is 0 Å². The predicted molar refractivity (Wildman–Crippen MR) is 51.4 cm³/mol. The topological polar surface area (TPSA) is 76.2 Å². The van der Waals surface area contributed by atoms with Gasteiger partial charge in [0.25, 0.3) is 15.7 Å². The number of aryl methyl sites for hydroxylation is 1. The highest BCUT2D eigenvalue weighted by Gasteiger charge is 2.05. The fourth-order valence-electron chi connectivity index (χ4n) is 0.886. The molecule has 1 heterocycles. The quantitative estimate of drug-likeness (QED) is 0.732. The molecule has 0 atom stereocenters. The third kappa shape index (κ3) is 3.31. The smallest absolute Gasteiger partial charge is 0.264 e. The minimum absolute atomic E-state index is 0.228. The van der Waals surface area contributed by atoms with E-state index in [2.05, 4.69) is 9.17 Å². The normalized spacial score (nSPS) is 11.6. The van der Waals surface area contributed by atoms with Crippen LogP contribution in [0.4, 0.5) is 0 Å². The Morgan fingerprint density at radius 1 is 1.43 bits per heavy atom. The second-order valence-electron chi connectivity index (χ2n) is 2.96. The molecule has 0 aliphatic heterocycles. The van der Waals surface area contributed by atoms with Crippen LogP contribution >= 0.6 is 0 Å². The number of hydrogen-bond donors (Lipinski definition) is 1. The molecule has 0 amide bonds. The van der Waals surface area contributed by atoms with Crippen molar-refractivity contribution in [2.75, 3.05) is 6.26 Å². The van der Waals surface area contributed by atoms with Gasteiger partial charge in [-0.25, -0.2) is 0 Å². The highest BCUT2D eigenvalue weighted by atomic mass is 32.2. The van der Waals surface area contributed by atoms with Crippen LogP contribution in [0.3, 0.4) is 0 Å². The Hall–Kier alpha value is -1.14. The first-order valence-corrected chi connectivity index (χ1v) is 5.73. The van der Waals surface area contributed by atoms with Gasteiger partial charge in [-0.05, 0) is 19.1 Å². The van der Waals surface area contributed by atoms with Gasteiger partial charge in [-0.3, -0.25) is 8.98 Å². The zero-order valence-electron chi connectivity index (χ0n) is 7.90. The number of hydrogen-bond acceptors (Lipinski definition) is 4. The number of rotatable bonds is 3. The predicted octanol–water partition coefficient (Wildman–Crippen LogP) is 0.160. The Morgan fingerprint density at radius 2 is 2.07 bits per heavy atom. The average Bonchev–Trinajstić information content (AvgIpc) is 2.00. The van der Waals surface area contributed by atoms with Gasteiger partial charge in [0.05, 0.1) is 12.9 Å². The van der Waals surface area contributed by atoms with Gasteiger partial charge < -0.3 is 4.98 Å². The molecule has 0 unspecified atom stereocenters. The van der Waals surface area contributed by atoms with E-state index >= 15 is 0 Å². The van der Waals surface area contributed by atoms with Crippen molar-refractivity contribution < 1.29 is 12.6 Å². The zero-order valence-corrected chi connectivity index (χ0v) is 8.72. The van der Waals surface area contributed by atoms with E-state index in [-0.39, 0.29) is 12.2 Å². The lowest BCUT2D eigenvalue weighted by Gasteiger charge is -2.00. The van der Waals surface area contributed by atoms with Crippen molar-refractivity contribution in [2.45, 2.75) is 13.5 Å². The molecule has 1 aromatic heterocycles. The molecule has 0 saturated heterocycles. The molecule has 1 rings (SSSR count). The van der Waals surface area contributed by atoms with E-state index < -0.39 is 10.1 Å². The van der Waals surface area contributed by atoms with Gasteiger partial charge in [-0.2, -0.15) is 8.42 Å². The maximum Gasteiger partial charge on any atom is 0.264 e. The molecule has 78 valence electrons. The summed E-state index contributed by atoms with van der Waals surface area (Å²) < 4.78 is 25.8. The first-order chi connectivity index (χ1) is 6.38. The monoisotopic (exact) mass is 217 g/mol. The fourth-order valence-corrected chi connectivity index (χ4v) is 1.23. The Morgan fingerprint density at radius 3 is 2.57 bits per heavy atom. The van der Waals surface area contributed by atoms with Crippen LogP contribution in [0.2, 0.25) is 0 Å². The van der Waals surface area contributed by atoms with Crippen molar-refractivity contribution in [3.63, 3.8) is 0 Å². The van der Waals surface area contributed by atoms with Gasteiger partial charge >= 0.3 is 0 Å². The van der Waals surface area contributed by atoms with Gasteiger partial charge in [0, 0.05) is 11.3 Å². The van der Waals surface area contributed by atoms with E-state index in [0.717, 1.165) is 11.9 Å². The molecular weight excluding hydrogens is 206 g/mol. The van der Waals surface area contributed by atoms with Crippen LogP contribution in [-0.4, -0.2) is 19.7 Å². The van der Waals surface area contributed by atoms with Crippen LogP contribution < -0.4 is 5.56 Å². The largest absolute Gasteiger partial charge is 0.326 e. The molecule has 0 fully saturated rings. The maximum atomic E-state index is 11.2. The van der Waals surface area contributed by atoms with E-state index in [0.29, 0.717) is 5.56 Å². The molecule has 0 bridgehead atoms. The maximum absolute atomic E-state index is 11.2. The van der Waals surface area contributed by atoms with E-state index in [1.165, 1.54) is 0 Å². The summed E-state index contributed by atoms with van der Waals surface area (Å²) in [5.41, 5.74) is 0.688. The highest BCUT2D eigenvalue weighted by molar-refractivity contribution is 7.85. The minimum atomic E-state index is -3.50. The van der Waals surface area contributed by atoms with Crippen LogP contribution in [0.25, 0.3) is 0 Å². The number of aromatic amines is 1. The second kappa shape index (κ2) is 3.93. The van der Waals surface area contributed by atoms with Crippen molar-refractivity contribution in [2.24, 2.45) is 0 Å². The standard InChI is InChI=1S/C8H11NO4S/c1-6-3-4-7(8(10)9-6)5-13-14(2,11)12/h3-4H,5H2,1-2H3,(H,9,10). The summed E-state index contributed by atoms with van der Waals surface area (Å²) in [6, 6.07) is 3.22. The molecule has 1 aromatic rings. The minimum Gasteiger partial charge on any atom is -0.326 e. The molecule has 0 spiro atoms. The van der Waals surface area contributed by atoms with E-state index in [1.807, 2.05) is 0 Å². The molecule has 14 heavy (non-hydrogen) atoms. The molecule has 0 saturated carbocycles. The van der Waals surface area contributed by atoms with Gasteiger partial charge in [0.15, 0.2) is 0 Å². The fraction of sp³-hybridized carbons (Fsp3) is 0.375. The third-order valence-electron chi connectivity index (χ3n) is 1.57. The zero-order chi connectivity index (χ0) is 10.8. The van der Waals surface area contributed by atoms with Crippen molar-refractivity contribution in [1.82, 2.24) is 4.98 Å². The summed E-state index contributed by atoms with van der Waals surface area (Å²) in [7, 11) is -3.50. The first-order valence-electron chi connectivity index (χ1n) is 3.92. The summed E-state index contributed by atoms with van der Waals surface area (Å²) in [6.45, 7) is 1.51. The lowest BCUT2D eigenvalue weighted by Crippen LogP contribution is -2.15. The van der Waals surface area contributed by atoms with Crippen LogP contribution in [0.1, 0.15) is 11.3 Å². The number of H-pyrrole nitrogens is 1. The van der Waals surface area contributed by atoms with Crippen molar-refractivity contribution in [3.8, 4) is 0 Å². The highest BCUT2D eigenvalue weighted by Crippen LogP contribution is 1.98. The van der Waals surface area contributed by atoms with Gasteiger partial charge in [-0.15, -0.1) is 0 Å². The number of pyridine rings is 1. The SMILES string of the molecule is Cc1ccc(COS(C)(=O)=O)c(=O)[nH]1. The lowest BCUT2D eigenvalue weighted by atomic mass is 10.3. The van der Waals surface area contributed by atoms with Gasteiger partial charge in [-0.1, -0.05) is 0 Å². The van der Waals surface area contributed by atoms with Crippen LogP contribution in [-0.2, 0) is 20.9 Å². The molecule has 0 aliphatic rings. The summed E-state index contributed by atoms with van der Waals surface area (Å²) in [5.74, 6) is 0. The number of nitrogens with one attached hydrogen (secondary N) is 1. The van der Waals surface area contributed by atoms with Gasteiger partial charge in [0.2, 0.25) is 0 Å². The number of aromatic nitrogens is 1. The van der Waals surface area contributed by atoms with Crippen molar-refractivity contribution >= 4 is 10.1 Å². The first kappa shape index (κ1) is 10.9. The third-order valence-corrected chi connectivity index (χ3v) is 2.11. The molecule has 0 aliphatic carbocycles. The molecule has 5 nitrogen and oxygen atoms in total. The second-order valence-corrected chi connectivity index (χ2v) is 4.61. The molecular formula is C8H11NO4S. The van der Waals surface area contributed by atoms with Crippen LogP contribution in [0, 0.1) is 6.92 Å². The van der Waals surface area contributed by atoms with Gasteiger partial charge in [0.1, 0.15) is 0 Å². The van der Waals surface area contributed by atoms with Crippen LogP contribution in [0.15, 0.2) is 16.9 Å². The van der Waals surface area contributed by atoms with E-state index in [1.54, 1.807) is 19.1 Å². The van der Waals surface area contributed by atoms with Crippen LogP contribution in [0.5, 0.6) is 0 Å². The Labute approximate surface area is 81.9 Å². The lowest BCUT2D eigenvalue weighted by molar-refractivity contribution is 0.310. The summed E-state index contributed by atoms with van der Waals surface area (Å²) in [6.07, 6.45) is 0.940. The summed E-state index contributed by atoms with van der Waals surface area (Å²) in [5, 5.41) is 0. The average molecular weight is 217 g/mol. The van der Waals surface area contributed by atoms with Crippen molar-refractivity contribution in [3.05, 3.63) is 33.7 Å². The Bertz CT molecular complexity index is 474. The Balaban J connectivity index is 2.84. The summed E-state index contributed by atoms with van der Waals surface area (Å²) >= 11 is 0. The van der Waals surface area contributed by atoms with E-state index in [9.17, 15) is 13.2 Å².